The van der Waals surface area contributed by atoms with E-state index in [1.54, 1.807) is 4.90 Å². The number of ether oxygens (including phenoxy) is 1. The van der Waals surface area contributed by atoms with Gasteiger partial charge in [0.2, 0.25) is 5.91 Å². The Bertz CT molecular complexity index is 871. The van der Waals surface area contributed by atoms with Crippen LogP contribution in [0.25, 0.3) is 0 Å². The maximum absolute atomic E-state index is 13.2. The number of nitrogens with zero attached hydrogens (tertiary/aromatic N) is 1. The smallest absolute Gasteiger partial charge is 0.410 e. The van der Waals surface area contributed by atoms with E-state index in [2.05, 4.69) is 53.8 Å². The van der Waals surface area contributed by atoms with E-state index < -0.39 is 5.60 Å². The van der Waals surface area contributed by atoms with Gasteiger partial charge in [-0.25, -0.2) is 4.79 Å². The third-order valence-corrected chi connectivity index (χ3v) is 6.92. The molecule has 5 heteroatoms. The average molecular weight is 523 g/mol. The van der Waals surface area contributed by atoms with Crippen LogP contribution in [0.15, 0.2) is 60.7 Å². The molecule has 0 unspecified atom stereocenters. The fourth-order valence-corrected chi connectivity index (χ4v) is 4.84. The van der Waals surface area contributed by atoms with Gasteiger partial charge < -0.3 is 15.0 Å². The van der Waals surface area contributed by atoms with Gasteiger partial charge in [-0.1, -0.05) is 74.5 Å². The van der Waals surface area contributed by atoms with E-state index in [0.29, 0.717) is 25.6 Å². The van der Waals surface area contributed by atoms with Crippen LogP contribution in [0.5, 0.6) is 0 Å². The Morgan fingerprint density at radius 3 is 1.79 bits per heavy atom. The highest BCUT2D eigenvalue weighted by Crippen LogP contribution is 2.21. The molecule has 0 spiro atoms. The number of piperidine rings is 1. The number of hydrogen-bond acceptors (Lipinski definition) is 3. The van der Waals surface area contributed by atoms with Crippen LogP contribution in [-0.4, -0.2) is 42.1 Å². The molecule has 1 aliphatic heterocycles. The standard InChI is InChI=1S/C31H44N2O3.C2H6/c1-31(2,3)36-30(35)33-22-20-27(21-23-33)24-32-29(34)28(18-10-16-25-12-6-4-7-13-25)19-11-17-26-14-8-5-9-15-26;1-2/h4-9,12-15,27-28H,10-11,16-24H2,1-3H3,(H,32,34);1-2H3. The van der Waals surface area contributed by atoms with Gasteiger partial charge in [-0.15, -0.1) is 0 Å². The summed E-state index contributed by atoms with van der Waals surface area (Å²) in [5.41, 5.74) is 2.19. The van der Waals surface area contributed by atoms with Crippen molar-refractivity contribution in [3.63, 3.8) is 0 Å². The van der Waals surface area contributed by atoms with E-state index in [0.717, 1.165) is 51.4 Å². The second-order valence-corrected chi connectivity index (χ2v) is 11.1. The van der Waals surface area contributed by atoms with Gasteiger partial charge >= 0.3 is 6.09 Å². The lowest BCUT2D eigenvalue weighted by Crippen LogP contribution is -2.44. The first-order valence-corrected chi connectivity index (χ1v) is 14.6. The molecule has 0 aromatic heterocycles. The predicted octanol–water partition coefficient (Wildman–Crippen LogP) is 7.44. The molecule has 1 N–H and O–H groups in total. The molecule has 0 bridgehead atoms. The molecule has 1 aliphatic rings. The molecule has 1 heterocycles. The Morgan fingerprint density at radius 2 is 1.34 bits per heavy atom. The van der Waals surface area contributed by atoms with E-state index in [1.165, 1.54) is 11.1 Å². The van der Waals surface area contributed by atoms with Gasteiger partial charge in [-0.05, 0) is 89.2 Å². The summed E-state index contributed by atoms with van der Waals surface area (Å²) in [6.07, 6.45) is 7.42. The van der Waals surface area contributed by atoms with Crippen molar-refractivity contribution in [2.75, 3.05) is 19.6 Å². The molecule has 0 radical (unpaired) electrons. The van der Waals surface area contributed by atoms with Crippen molar-refractivity contribution in [3.05, 3.63) is 71.8 Å². The Balaban J connectivity index is 0.00000247. The van der Waals surface area contributed by atoms with Gasteiger partial charge in [-0.3, -0.25) is 4.79 Å². The van der Waals surface area contributed by atoms with Gasteiger partial charge in [0.15, 0.2) is 0 Å². The van der Waals surface area contributed by atoms with E-state index in [-0.39, 0.29) is 17.9 Å². The van der Waals surface area contributed by atoms with Crippen molar-refractivity contribution in [1.82, 2.24) is 10.2 Å². The molecular formula is C33H50N2O3. The second-order valence-electron chi connectivity index (χ2n) is 11.1. The fraction of sp³-hybridized carbons (Fsp3) is 0.576. The van der Waals surface area contributed by atoms with Crippen molar-refractivity contribution in [1.29, 1.82) is 0 Å². The number of benzene rings is 2. The molecule has 0 saturated carbocycles. The highest BCUT2D eigenvalue weighted by molar-refractivity contribution is 5.78. The van der Waals surface area contributed by atoms with Crippen molar-refractivity contribution in [2.24, 2.45) is 11.8 Å². The zero-order valence-corrected chi connectivity index (χ0v) is 24.4. The minimum absolute atomic E-state index is 0.0410. The highest BCUT2D eigenvalue weighted by Gasteiger charge is 2.27. The van der Waals surface area contributed by atoms with Crippen LogP contribution < -0.4 is 5.32 Å². The van der Waals surface area contributed by atoms with Crippen LogP contribution in [0.4, 0.5) is 4.79 Å². The molecule has 2 aromatic carbocycles. The Labute approximate surface area is 231 Å². The third-order valence-electron chi connectivity index (χ3n) is 6.92. The van der Waals surface area contributed by atoms with E-state index in [9.17, 15) is 9.59 Å². The van der Waals surface area contributed by atoms with Gasteiger partial charge in [0.05, 0.1) is 0 Å². The summed E-state index contributed by atoms with van der Waals surface area (Å²) < 4.78 is 5.50. The minimum Gasteiger partial charge on any atom is -0.444 e. The molecule has 3 rings (SSSR count). The zero-order valence-electron chi connectivity index (χ0n) is 24.4. The van der Waals surface area contributed by atoms with E-state index in [1.807, 2.05) is 46.8 Å². The van der Waals surface area contributed by atoms with Crippen LogP contribution in [0, 0.1) is 11.8 Å². The van der Waals surface area contributed by atoms with E-state index in [4.69, 9.17) is 4.74 Å². The third kappa shape index (κ3) is 12.1. The van der Waals surface area contributed by atoms with Crippen LogP contribution >= 0.6 is 0 Å². The summed E-state index contributed by atoms with van der Waals surface area (Å²) in [6.45, 7) is 11.7. The number of carbonyl (C=O) groups is 2. The predicted molar refractivity (Wildman–Crippen MR) is 157 cm³/mol. The summed E-state index contributed by atoms with van der Waals surface area (Å²) in [4.78, 5) is 27.3. The number of hydrogen-bond donors (Lipinski definition) is 1. The zero-order chi connectivity index (χ0) is 27.8. The molecule has 2 aromatic rings. The second kappa shape index (κ2) is 16.9. The van der Waals surface area contributed by atoms with Crippen LogP contribution in [0.3, 0.4) is 0 Å². The summed E-state index contributed by atoms with van der Waals surface area (Å²) in [5, 5.41) is 3.26. The molecular weight excluding hydrogens is 472 g/mol. The highest BCUT2D eigenvalue weighted by atomic mass is 16.6. The maximum atomic E-state index is 13.2. The monoisotopic (exact) mass is 522 g/mol. The summed E-state index contributed by atoms with van der Waals surface area (Å²) in [7, 11) is 0. The molecule has 210 valence electrons. The Kier molecular flexibility index (Phi) is 14.0. The fourth-order valence-electron chi connectivity index (χ4n) is 4.84. The molecule has 1 fully saturated rings. The normalized spacial score (nSPS) is 14.0. The lowest BCUT2D eigenvalue weighted by molar-refractivity contribution is -0.125. The summed E-state index contributed by atoms with van der Waals surface area (Å²) in [5.74, 6) is 0.631. The maximum Gasteiger partial charge on any atom is 0.410 e. The molecule has 5 nitrogen and oxygen atoms in total. The number of carbonyl (C=O) groups excluding carboxylic acids is 2. The van der Waals surface area contributed by atoms with E-state index >= 15 is 0 Å². The van der Waals surface area contributed by atoms with Crippen LogP contribution in [0.2, 0.25) is 0 Å². The molecule has 2 amide bonds. The first-order valence-electron chi connectivity index (χ1n) is 14.6. The van der Waals surface area contributed by atoms with Crippen LogP contribution in [-0.2, 0) is 22.4 Å². The van der Waals surface area contributed by atoms with Gasteiger partial charge in [0.1, 0.15) is 5.60 Å². The first-order chi connectivity index (χ1) is 18.3. The molecule has 0 atom stereocenters. The van der Waals surface area contributed by atoms with Crippen molar-refractivity contribution >= 4 is 12.0 Å². The number of amides is 2. The molecule has 1 saturated heterocycles. The SMILES string of the molecule is CC.CC(C)(C)OC(=O)N1CCC(CNC(=O)C(CCCc2ccccc2)CCCc2ccccc2)CC1. The van der Waals surface area contributed by atoms with Crippen molar-refractivity contribution in [2.45, 2.75) is 91.6 Å². The van der Waals surface area contributed by atoms with Gasteiger partial charge in [0, 0.05) is 25.6 Å². The Morgan fingerprint density at radius 1 is 0.868 bits per heavy atom. The lowest BCUT2D eigenvalue weighted by atomic mass is 9.92. The lowest BCUT2D eigenvalue weighted by Gasteiger charge is -2.33. The molecule has 38 heavy (non-hydrogen) atoms. The number of likely N-dealkylation sites (tertiary alicyclic amines) is 1. The summed E-state index contributed by atoms with van der Waals surface area (Å²) in [6, 6.07) is 21.0. The Hall–Kier alpha value is -2.82. The quantitative estimate of drug-likeness (QED) is 0.334. The summed E-state index contributed by atoms with van der Waals surface area (Å²) >= 11 is 0. The number of nitrogens with one attached hydrogen (secondary N) is 1. The van der Waals surface area contributed by atoms with Gasteiger partial charge in [-0.2, -0.15) is 0 Å². The topological polar surface area (TPSA) is 58.6 Å². The van der Waals surface area contributed by atoms with Crippen molar-refractivity contribution < 1.29 is 14.3 Å². The van der Waals surface area contributed by atoms with Crippen molar-refractivity contribution in [3.8, 4) is 0 Å². The number of rotatable bonds is 11. The number of aryl methyl sites for hydroxylation is 2. The average Bonchev–Trinajstić information content (AvgIpc) is 2.92. The molecule has 0 aliphatic carbocycles. The van der Waals surface area contributed by atoms with Crippen LogP contribution in [0.1, 0.15) is 84.3 Å². The first kappa shape index (κ1) is 31.4. The minimum atomic E-state index is -0.474. The largest absolute Gasteiger partial charge is 0.444 e. The van der Waals surface area contributed by atoms with Gasteiger partial charge in [0.25, 0.3) is 0 Å².